The first-order valence-electron chi connectivity index (χ1n) is 7.22. The van der Waals surface area contributed by atoms with Gasteiger partial charge in [0.25, 0.3) is 0 Å². The highest BCUT2D eigenvalue weighted by atomic mass is 15.3. The smallest absolute Gasteiger partial charge is 0.0249 e. The number of nitrogens with zero attached hydrogens (tertiary/aromatic N) is 1. The van der Waals surface area contributed by atoms with Crippen LogP contribution in [0.4, 0.5) is 0 Å². The van der Waals surface area contributed by atoms with E-state index in [9.17, 15) is 0 Å². The van der Waals surface area contributed by atoms with Crippen molar-refractivity contribution in [2.45, 2.75) is 72.5 Å². The first-order chi connectivity index (χ1) is 7.71. The van der Waals surface area contributed by atoms with E-state index in [-0.39, 0.29) is 5.54 Å². The monoisotopic (exact) mass is 240 g/mol. The molecular weight excluding hydrogens is 208 g/mol. The Morgan fingerprint density at radius 1 is 1.18 bits per heavy atom. The predicted molar refractivity (Wildman–Crippen MR) is 76.3 cm³/mol. The van der Waals surface area contributed by atoms with Crippen molar-refractivity contribution < 1.29 is 0 Å². The van der Waals surface area contributed by atoms with Crippen molar-refractivity contribution >= 4 is 0 Å². The summed E-state index contributed by atoms with van der Waals surface area (Å²) in [6.45, 7) is 18.7. The molecule has 1 aliphatic heterocycles. The minimum absolute atomic E-state index is 0.284. The molecule has 2 atom stereocenters. The molecular formula is C15H32N2. The third-order valence-corrected chi connectivity index (χ3v) is 3.82. The van der Waals surface area contributed by atoms with Crippen molar-refractivity contribution in [1.29, 1.82) is 0 Å². The van der Waals surface area contributed by atoms with Gasteiger partial charge in [0.05, 0.1) is 0 Å². The second-order valence-electron chi connectivity index (χ2n) is 7.37. The molecule has 2 heteroatoms. The molecule has 1 rings (SSSR count). The molecule has 0 bridgehead atoms. The Bertz CT molecular complexity index is 228. The van der Waals surface area contributed by atoms with E-state index in [1.54, 1.807) is 0 Å². The van der Waals surface area contributed by atoms with Crippen LogP contribution in [0.1, 0.15) is 54.9 Å². The zero-order chi connectivity index (χ0) is 13.2. The maximum absolute atomic E-state index is 3.74. The van der Waals surface area contributed by atoms with E-state index in [2.05, 4.69) is 58.7 Å². The van der Waals surface area contributed by atoms with Crippen LogP contribution in [0.3, 0.4) is 0 Å². The molecule has 0 aromatic heterocycles. The maximum atomic E-state index is 3.74. The zero-order valence-electron chi connectivity index (χ0n) is 12.9. The van der Waals surface area contributed by atoms with Crippen molar-refractivity contribution in [3.63, 3.8) is 0 Å². The number of piperazine rings is 1. The highest BCUT2D eigenvalue weighted by Gasteiger charge is 2.35. The second-order valence-corrected chi connectivity index (χ2v) is 7.37. The van der Waals surface area contributed by atoms with Gasteiger partial charge in [0, 0.05) is 30.7 Å². The molecule has 0 spiro atoms. The van der Waals surface area contributed by atoms with Crippen LogP contribution in [-0.2, 0) is 0 Å². The first-order valence-corrected chi connectivity index (χ1v) is 7.22. The predicted octanol–water partition coefficient (Wildman–Crippen LogP) is 3.13. The molecule has 1 saturated heterocycles. The van der Waals surface area contributed by atoms with Crippen LogP contribution < -0.4 is 5.32 Å². The summed E-state index contributed by atoms with van der Waals surface area (Å²) < 4.78 is 0. The fourth-order valence-corrected chi connectivity index (χ4v) is 2.93. The van der Waals surface area contributed by atoms with Gasteiger partial charge in [-0.1, -0.05) is 27.7 Å². The average molecular weight is 240 g/mol. The molecule has 0 amide bonds. The van der Waals surface area contributed by atoms with E-state index < -0.39 is 0 Å². The summed E-state index contributed by atoms with van der Waals surface area (Å²) in [5.41, 5.74) is 0.284. The number of hydrogen-bond acceptors (Lipinski definition) is 2. The average Bonchev–Trinajstić information content (AvgIpc) is 2.14. The van der Waals surface area contributed by atoms with Crippen LogP contribution in [0.15, 0.2) is 0 Å². The van der Waals surface area contributed by atoms with Gasteiger partial charge in [-0.05, 0) is 39.0 Å². The summed E-state index contributed by atoms with van der Waals surface area (Å²) in [7, 11) is 0. The van der Waals surface area contributed by atoms with Gasteiger partial charge in [-0.2, -0.15) is 0 Å². The SMILES string of the molecule is CC(C)CC1CN(C(C)(C)C)C(C(C)C)CN1. The van der Waals surface area contributed by atoms with Crippen LogP contribution in [0.2, 0.25) is 0 Å². The second kappa shape index (κ2) is 5.71. The summed E-state index contributed by atoms with van der Waals surface area (Å²) in [5, 5.41) is 3.74. The van der Waals surface area contributed by atoms with Crippen LogP contribution in [-0.4, -0.2) is 35.6 Å². The van der Waals surface area contributed by atoms with E-state index in [0.29, 0.717) is 12.1 Å². The molecule has 0 saturated carbocycles. The van der Waals surface area contributed by atoms with Gasteiger partial charge in [0.1, 0.15) is 0 Å². The molecule has 1 N–H and O–H groups in total. The van der Waals surface area contributed by atoms with Crippen molar-refractivity contribution in [2.24, 2.45) is 11.8 Å². The van der Waals surface area contributed by atoms with Crippen LogP contribution in [0.25, 0.3) is 0 Å². The Kier molecular flexibility index (Phi) is 5.03. The molecule has 1 heterocycles. The molecule has 0 aromatic carbocycles. The summed E-state index contributed by atoms with van der Waals surface area (Å²) in [6, 6.07) is 1.35. The highest BCUT2D eigenvalue weighted by Crippen LogP contribution is 2.25. The van der Waals surface area contributed by atoms with Crippen LogP contribution in [0, 0.1) is 11.8 Å². The van der Waals surface area contributed by atoms with E-state index in [0.717, 1.165) is 18.4 Å². The Morgan fingerprint density at radius 2 is 1.76 bits per heavy atom. The Hall–Kier alpha value is -0.0800. The molecule has 1 aliphatic rings. The number of nitrogens with one attached hydrogen (secondary N) is 1. The summed E-state index contributed by atoms with van der Waals surface area (Å²) in [4.78, 5) is 2.71. The fraction of sp³-hybridized carbons (Fsp3) is 1.00. The lowest BCUT2D eigenvalue weighted by molar-refractivity contribution is 0.0163. The summed E-state index contributed by atoms with van der Waals surface area (Å²) >= 11 is 0. The lowest BCUT2D eigenvalue weighted by Gasteiger charge is -2.49. The Balaban J connectivity index is 2.70. The minimum Gasteiger partial charge on any atom is -0.311 e. The van der Waals surface area contributed by atoms with E-state index in [4.69, 9.17) is 0 Å². The lowest BCUT2D eigenvalue weighted by atomic mass is 9.90. The molecule has 2 nitrogen and oxygen atoms in total. The number of hydrogen-bond donors (Lipinski definition) is 1. The van der Waals surface area contributed by atoms with Crippen molar-refractivity contribution in [1.82, 2.24) is 10.2 Å². The Morgan fingerprint density at radius 3 is 2.18 bits per heavy atom. The van der Waals surface area contributed by atoms with Gasteiger partial charge in [0.2, 0.25) is 0 Å². The van der Waals surface area contributed by atoms with E-state index >= 15 is 0 Å². The molecule has 0 aromatic rings. The quantitative estimate of drug-likeness (QED) is 0.815. The van der Waals surface area contributed by atoms with Crippen molar-refractivity contribution in [3.05, 3.63) is 0 Å². The number of rotatable bonds is 3. The molecule has 17 heavy (non-hydrogen) atoms. The third kappa shape index (κ3) is 4.26. The van der Waals surface area contributed by atoms with Crippen molar-refractivity contribution in [3.8, 4) is 0 Å². The van der Waals surface area contributed by atoms with Gasteiger partial charge in [-0.3, -0.25) is 4.90 Å². The summed E-state index contributed by atoms with van der Waals surface area (Å²) in [6.07, 6.45) is 1.29. The van der Waals surface area contributed by atoms with Gasteiger partial charge >= 0.3 is 0 Å². The van der Waals surface area contributed by atoms with Crippen molar-refractivity contribution in [2.75, 3.05) is 13.1 Å². The van der Waals surface area contributed by atoms with Gasteiger partial charge in [-0.15, -0.1) is 0 Å². The lowest BCUT2D eigenvalue weighted by Crippen LogP contribution is -2.63. The van der Waals surface area contributed by atoms with Gasteiger partial charge in [0.15, 0.2) is 0 Å². The van der Waals surface area contributed by atoms with E-state index in [1.165, 1.54) is 13.0 Å². The zero-order valence-corrected chi connectivity index (χ0v) is 12.9. The molecule has 1 fully saturated rings. The van der Waals surface area contributed by atoms with E-state index in [1.807, 2.05) is 0 Å². The van der Waals surface area contributed by atoms with Gasteiger partial charge < -0.3 is 5.32 Å². The normalized spacial score (nSPS) is 28.1. The highest BCUT2D eigenvalue weighted by molar-refractivity contribution is 4.93. The third-order valence-electron chi connectivity index (χ3n) is 3.82. The van der Waals surface area contributed by atoms with Crippen LogP contribution in [0.5, 0.6) is 0 Å². The molecule has 102 valence electrons. The largest absolute Gasteiger partial charge is 0.311 e. The summed E-state index contributed by atoms with van der Waals surface area (Å²) in [5.74, 6) is 1.51. The first kappa shape index (κ1) is 15.0. The Labute approximate surface area is 108 Å². The maximum Gasteiger partial charge on any atom is 0.0249 e. The molecule has 0 radical (unpaired) electrons. The molecule has 0 aliphatic carbocycles. The fourth-order valence-electron chi connectivity index (χ4n) is 2.93. The standard InChI is InChI=1S/C15H32N2/c1-11(2)8-13-10-17(15(5,6)7)14(9-16-13)12(3)4/h11-14,16H,8-10H2,1-7H3. The van der Waals surface area contributed by atoms with Gasteiger partial charge in [-0.25, -0.2) is 0 Å². The van der Waals surface area contributed by atoms with Crippen LogP contribution >= 0.6 is 0 Å². The minimum atomic E-state index is 0.284. The molecule has 2 unspecified atom stereocenters. The topological polar surface area (TPSA) is 15.3 Å².